The lowest BCUT2D eigenvalue weighted by Gasteiger charge is -2.29. The molecule has 5 nitrogen and oxygen atoms in total. The van der Waals surface area contributed by atoms with E-state index in [0.29, 0.717) is 12.6 Å². The third-order valence-electron chi connectivity index (χ3n) is 4.80. The van der Waals surface area contributed by atoms with E-state index in [0.717, 1.165) is 31.4 Å². The fourth-order valence-corrected chi connectivity index (χ4v) is 4.27. The molecule has 0 radical (unpaired) electrons. The Hall–Kier alpha value is -1.99. The third kappa shape index (κ3) is 4.59. The summed E-state index contributed by atoms with van der Waals surface area (Å²) in [6.07, 6.45) is 6.05. The second kappa shape index (κ2) is 9.09. The number of aliphatic hydroxyl groups is 1. The number of hydroxylamine groups is 1. The van der Waals surface area contributed by atoms with Crippen LogP contribution in [-0.2, 0) is 17.6 Å². The van der Waals surface area contributed by atoms with E-state index in [2.05, 4.69) is 34.5 Å². The van der Waals surface area contributed by atoms with Gasteiger partial charge < -0.3 is 5.11 Å². The summed E-state index contributed by atoms with van der Waals surface area (Å²) in [7, 11) is 0. The Kier molecular flexibility index (Phi) is 6.57. The van der Waals surface area contributed by atoms with Gasteiger partial charge in [0.1, 0.15) is 0 Å². The molecule has 138 valence electrons. The molecule has 1 amide bonds. The van der Waals surface area contributed by atoms with Crippen molar-refractivity contribution >= 4 is 23.3 Å². The van der Waals surface area contributed by atoms with E-state index in [9.17, 15) is 9.90 Å². The monoisotopic (exact) mass is 372 g/mol. The molecule has 0 saturated carbocycles. The minimum absolute atomic E-state index is 0.160. The number of carbonyl (C=O) groups excluding carboxylic acids is 1. The van der Waals surface area contributed by atoms with Crippen molar-refractivity contribution in [2.45, 2.75) is 25.3 Å². The molecule has 3 rings (SSSR count). The highest BCUT2D eigenvalue weighted by molar-refractivity contribution is 7.09. The smallest absolute Gasteiger partial charge is 0.267 e. The van der Waals surface area contributed by atoms with E-state index in [1.54, 1.807) is 22.9 Å². The first-order chi connectivity index (χ1) is 12.7. The van der Waals surface area contributed by atoms with E-state index in [-0.39, 0.29) is 6.61 Å². The van der Waals surface area contributed by atoms with Crippen LogP contribution in [0.15, 0.2) is 41.8 Å². The predicted molar refractivity (Wildman–Crippen MR) is 103 cm³/mol. The number of hydrogen-bond donors (Lipinski definition) is 3. The summed E-state index contributed by atoms with van der Waals surface area (Å²) < 4.78 is 0. The van der Waals surface area contributed by atoms with Crippen LogP contribution in [0.2, 0.25) is 0 Å². The van der Waals surface area contributed by atoms with Gasteiger partial charge in [0.25, 0.3) is 5.91 Å². The minimum Gasteiger partial charge on any atom is -0.395 e. The number of nitrogens with one attached hydrogen (secondary N) is 1. The van der Waals surface area contributed by atoms with Crippen LogP contribution < -0.4 is 5.48 Å². The van der Waals surface area contributed by atoms with Gasteiger partial charge >= 0.3 is 0 Å². The molecule has 1 heterocycles. The largest absolute Gasteiger partial charge is 0.395 e. The van der Waals surface area contributed by atoms with Gasteiger partial charge in [-0.25, -0.2) is 5.48 Å². The zero-order valence-corrected chi connectivity index (χ0v) is 15.4. The maximum Gasteiger partial charge on any atom is 0.267 e. The molecule has 0 fully saturated rings. The number of fused-ring (bicyclic) bond motifs is 1. The number of thiophene rings is 1. The van der Waals surface area contributed by atoms with Gasteiger partial charge in [0, 0.05) is 30.1 Å². The Morgan fingerprint density at radius 2 is 2.23 bits per heavy atom. The molecule has 0 spiro atoms. The Morgan fingerprint density at radius 3 is 2.96 bits per heavy atom. The van der Waals surface area contributed by atoms with E-state index >= 15 is 0 Å². The van der Waals surface area contributed by atoms with Crippen molar-refractivity contribution in [1.82, 2.24) is 10.4 Å². The van der Waals surface area contributed by atoms with Gasteiger partial charge in [0.15, 0.2) is 0 Å². The molecule has 0 bridgehead atoms. The number of hydrogen-bond acceptors (Lipinski definition) is 5. The normalized spacial score (nSPS) is 16.3. The van der Waals surface area contributed by atoms with Crippen LogP contribution in [0, 0.1) is 0 Å². The molecule has 26 heavy (non-hydrogen) atoms. The number of carbonyl (C=O) groups is 1. The number of aryl methyl sites for hydroxylation is 1. The molecule has 1 atom stereocenters. The van der Waals surface area contributed by atoms with Crippen LogP contribution in [-0.4, -0.2) is 40.8 Å². The lowest BCUT2D eigenvalue weighted by atomic mass is 10.0. The highest BCUT2D eigenvalue weighted by atomic mass is 32.1. The average molecular weight is 372 g/mol. The number of nitrogens with zero attached hydrogens (tertiary/aromatic N) is 1. The maximum atomic E-state index is 11.1. The van der Waals surface area contributed by atoms with Crippen LogP contribution in [0.5, 0.6) is 0 Å². The zero-order valence-electron chi connectivity index (χ0n) is 14.6. The van der Waals surface area contributed by atoms with Crippen molar-refractivity contribution in [2.75, 3.05) is 19.7 Å². The highest BCUT2D eigenvalue weighted by Gasteiger charge is 2.27. The summed E-state index contributed by atoms with van der Waals surface area (Å²) in [5, 5.41) is 20.1. The Morgan fingerprint density at radius 1 is 1.35 bits per heavy atom. The fraction of sp³-hybridized carbons (Fsp3) is 0.350. The molecule has 6 heteroatoms. The molecule has 1 unspecified atom stereocenters. The lowest BCUT2D eigenvalue weighted by molar-refractivity contribution is -0.124. The standard InChI is InChI=1S/C20H24N2O3S/c23-12-11-22(10-9-17-2-1-13-26-17)19-7-5-16-14-15(3-6-18(16)19)4-8-20(24)21-25/h1-4,6,8,13-14,19,23,25H,5,7,9-12H2,(H,21,24). The first-order valence-electron chi connectivity index (χ1n) is 8.83. The first kappa shape index (κ1) is 18.8. The molecule has 1 aliphatic carbocycles. The van der Waals surface area contributed by atoms with Gasteiger partial charge in [-0.05, 0) is 53.5 Å². The summed E-state index contributed by atoms with van der Waals surface area (Å²) >= 11 is 1.78. The molecule has 0 saturated heterocycles. The Labute approximate surface area is 157 Å². The number of rotatable bonds is 8. The molecule has 3 N–H and O–H groups in total. The van der Waals surface area contributed by atoms with Crippen LogP contribution in [0.25, 0.3) is 6.08 Å². The van der Waals surface area contributed by atoms with E-state index in [1.807, 2.05) is 6.07 Å². The fourth-order valence-electron chi connectivity index (χ4n) is 3.57. The quantitative estimate of drug-likeness (QED) is 0.378. The van der Waals surface area contributed by atoms with Gasteiger partial charge in [-0.1, -0.05) is 24.3 Å². The minimum atomic E-state index is -0.536. The van der Waals surface area contributed by atoms with Gasteiger partial charge in [0.2, 0.25) is 0 Å². The second-order valence-corrected chi connectivity index (χ2v) is 7.44. The zero-order chi connectivity index (χ0) is 18.4. The summed E-state index contributed by atoms with van der Waals surface area (Å²) in [6, 6.07) is 10.8. The van der Waals surface area contributed by atoms with E-state index in [4.69, 9.17) is 5.21 Å². The van der Waals surface area contributed by atoms with Gasteiger partial charge in [0.05, 0.1) is 6.61 Å². The number of amides is 1. The average Bonchev–Trinajstić information content (AvgIpc) is 3.32. The summed E-state index contributed by atoms with van der Waals surface area (Å²) in [5.74, 6) is -0.536. The van der Waals surface area contributed by atoms with Crippen molar-refractivity contribution in [3.63, 3.8) is 0 Å². The third-order valence-corrected chi connectivity index (χ3v) is 5.74. The molecule has 2 aromatic rings. The van der Waals surface area contributed by atoms with Gasteiger partial charge in [-0.3, -0.25) is 14.9 Å². The molecular formula is C20H24N2O3S. The van der Waals surface area contributed by atoms with E-state index in [1.165, 1.54) is 22.1 Å². The van der Waals surface area contributed by atoms with E-state index < -0.39 is 5.91 Å². The van der Waals surface area contributed by atoms with Crippen molar-refractivity contribution in [3.05, 3.63) is 63.4 Å². The van der Waals surface area contributed by atoms with Crippen molar-refractivity contribution in [1.29, 1.82) is 0 Å². The summed E-state index contributed by atoms with van der Waals surface area (Å²) in [6.45, 7) is 1.77. The first-order valence-corrected chi connectivity index (χ1v) is 9.71. The topological polar surface area (TPSA) is 72.8 Å². The SMILES string of the molecule is O=C(C=Cc1ccc2c(c1)CCC2N(CCO)CCc1cccs1)NO. The van der Waals surface area contributed by atoms with Crippen molar-refractivity contribution < 1.29 is 15.1 Å². The number of aliphatic hydroxyl groups excluding tert-OH is 1. The second-order valence-electron chi connectivity index (χ2n) is 6.41. The van der Waals surface area contributed by atoms with Crippen LogP contribution >= 0.6 is 11.3 Å². The molecule has 0 aliphatic heterocycles. The Balaban J connectivity index is 1.71. The maximum absolute atomic E-state index is 11.1. The summed E-state index contributed by atoms with van der Waals surface area (Å²) in [5.41, 5.74) is 5.14. The van der Waals surface area contributed by atoms with Gasteiger partial charge in [-0.15, -0.1) is 11.3 Å². The van der Waals surface area contributed by atoms with Crippen molar-refractivity contribution in [2.24, 2.45) is 0 Å². The summed E-state index contributed by atoms with van der Waals surface area (Å²) in [4.78, 5) is 14.9. The molecule has 1 aliphatic rings. The van der Waals surface area contributed by atoms with Crippen LogP contribution in [0.3, 0.4) is 0 Å². The van der Waals surface area contributed by atoms with Gasteiger partial charge in [-0.2, -0.15) is 0 Å². The molecule has 1 aromatic carbocycles. The van der Waals surface area contributed by atoms with Crippen molar-refractivity contribution in [3.8, 4) is 0 Å². The van der Waals surface area contributed by atoms with Crippen LogP contribution in [0.1, 0.15) is 34.0 Å². The highest BCUT2D eigenvalue weighted by Crippen LogP contribution is 2.36. The predicted octanol–water partition coefficient (Wildman–Crippen LogP) is 2.79. The number of benzene rings is 1. The molecular weight excluding hydrogens is 348 g/mol. The molecule has 1 aromatic heterocycles. The van der Waals surface area contributed by atoms with Crippen LogP contribution in [0.4, 0.5) is 0 Å². The Bertz CT molecular complexity index is 758. The lowest BCUT2D eigenvalue weighted by Crippen LogP contribution is -2.32.